The number of amides is 1. The molecule has 0 aliphatic carbocycles. The molecule has 1 aromatic rings. The van der Waals surface area contributed by atoms with Crippen LogP contribution in [0.1, 0.15) is 52.9 Å². The highest BCUT2D eigenvalue weighted by atomic mass is 16.6. The highest BCUT2D eigenvalue weighted by molar-refractivity contribution is 5.68. The van der Waals surface area contributed by atoms with Crippen LogP contribution in [0.2, 0.25) is 0 Å². The van der Waals surface area contributed by atoms with Crippen molar-refractivity contribution in [3.05, 3.63) is 18.6 Å². The van der Waals surface area contributed by atoms with E-state index in [2.05, 4.69) is 9.97 Å². The van der Waals surface area contributed by atoms with Gasteiger partial charge in [0.1, 0.15) is 5.60 Å². The summed E-state index contributed by atoms with van der Waals surface area (Å²) in [6, 6.07) is 0.240. The first kappa shape index (κ1) is 17.5. The molecule has 0 unspecified atom stereocenters. The van der Waals surface area contributed by atoms with Gasteiger partial charge in [-0.1, -0.05) is 0 Å². The fourth-order valence-electron chi connectivity index (χ4n) is 2.72. The summed E-state index contributed by atoms with van der Waals surface area (Å²) in [5.41, 5.74) is -0.450. The van der Waals surface area contributed by atoms with Crippen LogP contribution in [0.5, 0.6) is 5.88 Å². The van der Waals surface area contributed by atoms with E-state index in [1.54, 1.807) is 18.6 Å². The van der Waals surface area contributed by atoms with Gasteiger partial charge in [0.15, 0.2) is 0 Å². The molecule has 1 aliphatic rings. The van der Waals surface area contributed by atoms with E-state index in [1.165, 1.54) is 0 Å². The molecule has 6 nitrogen and oxygen atoms in total. The van der Waals surface area contributed by atoms with Crippen LogP contribution in [0, 0.1) is 0 Å². The van der Waals surface area contributed by atoms with Gasteiger partial charge in [0.2, 0.25) is 5.88 Å². The molecule has 0 radical (unpaired) electrons. The third-order valence-electron chi connectivity index (χ3n) is 3.73. The van der Waals surface area contributed by atoms with E-state index in [0.717, 1.165) is 38.6 Å². The van der Waals surface area contributed by atoms with E-state index in [4.69, 9.17) is 9.47 Å². The average Bonchev–Trinajstić information content (AvgIpc) is 2.51. The summed E-state index contributed by atoms with van der Waals surface area (Å²) in [5, 5.41) is 0. The Labute approximate surface area is 138 Å². The molecule has 0 spiro atoms. The van der Waals surface area contributed by atoms with Crippen LogP contribution in [0.4, 0.5) is 4.79 Å². The molecule has 1 aromatic heterocycles. The number of carbonyl (C=O) groups is 1. The minimum atomic E-state index is -0.450. The minimum Gasteiger partial charge on any atom is -0.477 e. The summed E-state index contributed by atoms with van der Waals surface area (Å²) >= 11 is 0. The maximum atomic E-state index is 12.3. The fraction of sp³-hybridized carbons (Fsp3) is 0.706. The van der Waals surface area contributed by atoms with Crippen molar-refractivity contribution in [2.75, 3.05) is 13.2 Å². The molecule has 1 atom stereocenters. The molecule has 0 saturated carbocycles. The van der Waals surface area contributed by atoms with Crippen molar-refractivity contribution in [2.45, 2.75) is 64.5 Å². The molecule has 128 valence electrons. The second-order valence-corrected chi connectivity index (χ2v) is 6.86. The summed E-state index contributed by atoms with van der Waals surface area (Å²) in [4.78, 5) is 22.3. The maximum Gasteiger partial charge on any atom is 0.410 e. The molecular formula is C17H27N3O3. The van der Waals surface area contributed by atoms with E-state index >= 15 is 0 Å². The van der Waals surface area contributed by atoms with E-state index in [0.29, 0.717) is 12.5 Å². The molecule has 1 aliphatic heterocycles. The SMILES string of the molecule is CC(C)(C)OC(=O)N1CCCC[C@@H]1CCCOc1cnccn1. The average molecular weight is 321 g/mol. The Morgan fingerprint density at radius 2 is 2.17 bits per heavy atom. The number of piperidine rings is 1. The number of rotatable bonds is 5. The van der Waals surface area contributed by atoms with Crippen molar-refractivity contribution in [1.29, 1.82) is 0 Å². The number of hydrogen-bond donors (Lipinski definition) is 0. The second-order valence-electron chi connectivity index (χ2n) is 6.86. The topological polar surface area (TPSA) is 64.5 Å². The Hall–Kier alpha value is -1.85. The van der Waals surface area contributed by atoms with Gasteiger partial charge in [-0.2, -0.15) is 0 Å². The van der Waals surface area contributed by atoms with E-state index in [9.17, 15) is 4.79 Å². The zero-order chi connectivity index (χ0) is 16.7. The minimum absolute atomic E-state index is 0.197. The van der Waals surface area contributed by atoms with E-state index < -0.39 is 5.60 Å². The van der Waals surface area contributed by atoms with Gasteiger partial charge in [-0.15, -0.1) is 0 Å². The fourth-order valence-corrected chi connectivity index (χ4v) is 2.72. The molecule has 1 fully saturated rings. The zero-order valence-corrected chi connectivity index (χ0v) is 14.3. The standard InChI is InChI=1S/C17H27N3O3/c1-17(2,3)23-16(21)20-11-5-4-7-14(20)8-6-12-22-15-13-18-9-10-19-15/h9-10,13-14H,4-8,11-12H2,1-3H3/t14-/m1/s1. The molecule has 2 rings (SSSR count). The lowest BCUT2D eigenvalue weighted by atomic mass is 9.98. The first-order chi connectivity index (χ1) is 11.0. The number of nitrogens with zero attached hydrogens (tertiary/aromatic N) is 3. The van der Waals surface area contributed by atoms with Crippen LogP contribution < -0.4 is 4.74 Å². The van der Waals surface area contributed by atoms with Gasteiger partial charge in [0.05, 0.1) is 12.8 Å². The van der Waals surface area contributed by atoms with Crippen LogP contribution in [0.25, 0.3) is 0 Å². The number of aromatic nitrogens is 2. The molecule has 0 aromatic carbocycles. The number of carbonyl (C=O) groups excluding carboxylic acids is 1. The molecule has 0 bridgehead atoms. The smallest absolute Gasteiger partial charge is 0.410 e. The Balaban J connectivity index is 1.78. The van der Waals surface area contributed by atoms with E-state index in [-0.39, 0.29) is 12.1 Å². The third-order valence-corrected chi connectivity index (χ3v) is 3.73. The molecule has 6 heteroatoms. The van der Waals surface area contributed by atoms with Gasteiger partial charge in [-0.25, -0.2) is 9.78 Å². The van der Waals surface area contributed by atoms with Crippen molar-refractivity contribution in [3.63, 3.8) is 0 Å². The summed E-state index contributed by atoms with van der Waals surface area (Å²) in [6.45, 7) is 7.07. The summed E-state index contributed by atoms with van der Waals surface area (Å²) in [5.74, 6) is 0.542. The first-order valence-corrected chi connectivity index (χ1v) is 8.34. The highest BCUT2D eigenvalue weighted by Crippen LogP contribution is 2.23. The summed E-state index contributed by atoms with van der Waals surface area (Å²) < 4.78 is 11.1. The number of likely N-dealkylation sites (tertiary alicyclic amines) is 1. The van der Waals surface area contributed by atoms with Gasteiger partial charge in [0, 0.05) is 25.0 Å². The lowest BCUT2D eigenvalue weighted by molar-refractivity contribution is 0.00822. The molecule has 0 N–H and O–H groups in total. The number of hydrogen-bond acceptors (Lipinski definition) is 5. The van der Waals surface area contributed by atoms with Crippen molar-refractivity contribution in [1.82, 2.24) is 14.9 Å². The summed E-state index contributed by atoms with van der Waals surface area (Å²) in [7, 11) is 0. The molecule has 1 saturated heterocycles. The van der Waals surface area contributed by atoms with Gasteiger partial charge < -0.3 is 14.4 Å². The van der Waals surface area contributed by atoms with Crippen LogP contribution >= 0.6 is 0 Å². The first-order valence-electron chi connectivity index (χ1n) is 8.34. The van der Waals surface area contributed by atoms with Crippen molar-refractivity contribution in [2.24, 2.45) is 0 Å². The quantitative estimate of drug-likeness (QED) is 0.777. The van der Waals surface area contributed by atoms with Crippen LogP contribution in [-0.4, -0.2) is 45.8 Å². The Morgan fingerprint density at radius 3 is 2.87 bits per heavy atom. The lowest BCUT2D eigenvalue weighted by Crippen LogP contribution is -2.46. The van der Waals surface area contributed by atoms with Gasteiger partial charge in [-0.3, -0.25) is 4.98 Å². The predicted molar refractivity (Wildman–Crippen MR) is 87.3 cm³/mol. The zero-order valence-electron chi connectivity index (χ0n) is 14.3. The largest absolute Gasteiger partial charge is 0.477 e. The summed E-state index contributed by atoms with van der Waals surface area (Å²) in [6.07, 6.45) is 9.67. The van der Waals surface area contributed by atoms with Crippen molar-refractivity contribution >= 4 is 6.09 Å². The Morgan fingerprint density at radius 1 is 1.35 bits per heavy atom. The van der Waals surface area contributed by atoms with Crippen LogP contribution in [0.3, 0.4) is 0 Å². The lowest BCUT2D eigenvalue weighted by Gasteiger charge is -2.36. The maximum absolute atomic E-state index is 12.3. The Bertz CT molecular complexity index is 488. The predicted octanol–water partition coefficient (Wildman–Crippen LogP) is 3.43. The van der Waals surface area contributed by atoms with Gasteiger partial charge in [-0.05, 0) is 52.9 Å². The molecular weight excluding hydrogens is 294 g/mol. The normalized spacial score (nSPS) is 18.6. The molecule has 1 amide bonds. The van der Waals surface area contributed by atoms with Gasteiger partial charge in [0.25, 0.3) is 0 Å². The van der Waals surface area contributed by atoms with Crippen LogP contribution in [0.15, 0.2) is 18.6 Å². The third kappa shape index (κ3) is 6.04. The van der Waals surface area contributed by atoms with Crippen molar-refractivity contribution in [3.8, 4) is 5.88 Å². The molecule has 2 heterocycles. The molecule has 23 heavy (non-hydrogen) atoms. The number of ether oxygens (including phenoxy) is 2. The Kier molecular flexibility index (Phi) is 6.19. The van der Waals surface area contributed by atoms with Crippen LogP contribution in [-0.2, 0) is 4.74 Å². The monoisotopic (exact) mass is 321 g/mol. The van der Waals surface area contributed by atoms with Gasteiger partial charge >= 0.3 is 6.09 Å². The second kappa shape index (κ2) is 8.13. The van der Waals surface area contributed by atoms with Crippen molar-refractivity contribution < 1.29 is 14.3 Å². The highest BCUT2D eigenvalue weighted by Gasteiger charge is 2.29. The van der Waals surface area contributed by atoms with E-state index in [1.807, 2.05) is 25.7 Å².